The molecule has 0 saturated carbocycles. The van der Waals surface area contributed by atoms with Crippen LogP contribution in [0.2, 0.25) is 0 Å². The molecule has 4 aromatic rings. The molecule has 0 saturated heterocycles. The van der Waals surface area contributed by atoms with E-state index >= 15 is 0 Å². The van der Waals surface area contributed by atoms with E-state index in [2.05, 4.69) is 148 Å². The van der Waals surface area contributed by atoms with Gasteiger partial charge in [0.2, 0.25) is 0 Å². The molecule has 0 nitrogen and oxygen atoms in total. The molecular weight excluding hydrogens is 491 g/mol. The van der Waals surface area contributed by atoms with Crippen molar-refractivity contribution in [3.8, 4) is 0 Å². The van der Waals surface area contributed by atoms with Crippen molar-refractivity contribution in [2.24, 2.45) is 0 Å². The Morgan fingerprint density at radius 1 is 0.500 bits per heavy atom. The quantitative estimate of drug-likeness (QED) is 0.193. The van der Waals surface area contributed by atoms with Gasteiger partial charge in [-0.1, -0.05) is 0 Å². The summed E-state index contributed by atoms with van der Waals surface area (Å²) < 4.78 is -0.229. The molecule has 1 unspecified atom stereocenters. The molecule has 32 heavy (non-hydrogen) atoms. The normalized spacial score (nSPS) is 16.1. The number of hydrogen-bond donors (Lipinski definition) is 0. The fourth-order valence-corrected chi connectivity index (χ4v) is 6.04. The molecule has 4 aromatic carbocycles. The second-order valence-electron chi connectivity index (χ2n) is 7.58. The third-order valence-electron chi connectivity index (χ3n) is 6.11. The maximum absolute atomic E-state index is 2.41. The second kappa shape index (κ2) is 10.9. The average molecular weight is 515 g/mol. The molecule has 0 fully saturated rings. The van der Waals surface area contributed by atoms with E-state index in [-0.39, 0.29) is 46.4 Å². The van der Waals surface area contributed by atoms with E-state index in [1.54, 1.807) is 0 Å². The number of halogens is 3. The fourth-order valence-electron chi connectivity index (χ4n) is 4.88. The third kappa shape index (κ3) is 4.00. The van der Waals surface area contributed by atoms with Crippen LogP contribution in [0.4, 0.5) is 0 Å². The first-order valence-corrected chi connectivity index (χ1v) is 10.8. The number of benzene rings is 4. The van der Waals surface area contributed by atoms with Gasteiger partial charge in [-0.25, -0.2) is 0 Å². The van der Waals surface area contributed by atoms with Crippen molar-refractivity contribution in [3.63, 3.8) is 0 Å². The van der Waals surface area contributed by atoms with Gasteiger partial charge in [-0.3, -0.25) is 0 Å². The van der Waals surface area contributed by atoms with Gasteiger partial charge in [-0.05, 0) is 0 Å². The summed E-state index contributed by atoms with van der Waals surface area (Å²) in [5, 5.41) is 0. The van der Waals surface area contributed by atoms with Gasteiger partial charge >= 0.3 is 185 Å². The van der Waals surface area contributed by atoms with Gasteiger partial charge in [0.1, 0.15) is 0 Å². The van der Waals surface area contributed by atoms with Crippen LogP contribution >= 0.6 is 37.2 Å². The molecule has 0 N–H and O–H groups in total. The van der Waals surface area contributed by atoms with Crippen LogP contribution < -0.4 is 0 Å². The van der Waals surface area contributed by atoms with E-state index in [4.69, 9.17) is 0 Å². The van der Waals surface area contributed by atoms with E-state index in [9.17, 15) is 0 Å². The van der Waals surface area contributed by atoms with Crippen molar-refractivity contribution in [2.75, 3.05) is 0 Å². The number of rotatable bonds is 4. The van der Waals surface area contributed by atoms with Crippen LogP contribution in [0.5, 0.6) is 0 Å². The molecule has 0 aromatic heterocycles. The summed E-state index contributed by atoms with van der Waals surface area (Å²) in [7, 11) is 0. The maximum atomic E-state index is 2.41. The Hall–Kier alpha value is -1.80. The van der Waals surface area contributed by atoms with Crippen LogP contribution in [-0.4, -0.2) is 0 Å². The molecule has 0 spiro atoms. The second-order valence-corrected chi connectivity index (χ2v) is 8.81. The third-order valence-corrected chi connectivity index (χ3v) is 7.38. The SMILES string of the molecule is Cl.Cl.Cl.[Ti][C]1(C(c2ccccc2)(c2ccccc2)c2ccccc2)C=Cc2ccccc21. The summed E-state index contributed by atoms with van der Waals surface area (Å²) in [6, 6.07) is 41.7. The van der Waals surface area contributed by atoms with Gasteiger partial charge in [0.05, 0.1) is 0 Å². The number of allylic oxidation sites excluding steroid dienone is 1. The summed E-state index contributed by atoms with van der Waals surface area (Å²) in [4.78, 5) is 0. The van der Waals surface area contributed by atoms with Crippen molar-refractivity contribution in [1.82, 2.24) is 0 Å². The Labute approximate surface area is 220 Å². The van der Waals surface area contributed by atoms with E-state index in [1.807, 2.05) is 0 Å². The van der Waals surface area contributed by atoms with Crippen LogP contribution in [0.15, 0.2) is 121 Å². The standard InChI is InChI=1S/C28H21.3ClH.Ti/c1-4-13-23(14-5-1)28(24-15-6-2-7-16-24,25-17-8-3-9-18-25)27-21-20-22-12-10-11-19-26(22)27;;;;/h1-21H;3*1H;. The number of hydrogen-bond acceptors (Lipinski definition) is 0. The minimum atomic E-state index is -0.347. The molecule has 0 bridgehead atoms. The van der Waals surface area contributed by atoms with Crippen molar-refractivity contribution in [1.29, 1.82) is 0 Å². The Bertz CT molecular complexity index is 1060. The molecule has 0 radical (unpaired) electrons. The van der Waals surface area contributed by atoms with E-state index in [0.29, 0.717) is 0 Å². The first-order valence-electron chi connectivity index (χ1n) is 9.97. The van der Waals surface area contributed by atoms with E-state index in [0.717, 1.165) is 0 Å². The van der Waals surface area contributed by atoms with Crippen molar-refractivity contribution in [3.05, 3.63) is 149 Å². The van der Waals surface area contributed by atoms with Crippen molar-refractivity contribution < 1.29 is 20.4 Å². The fraction of sp³-hybridized carbons (Fsp3) is 0.0714. The molecule has 1 aliphatic carbocycles. The molecule has 5 rings (SSSR count). The van der Waals surface area contributed by atoms with Crippen LogP contribution in [-0.2, 0) is 29.6 Å². The zero-order valence-electron chi connectivity index (χ0n) is 17.3. The Balaban J connectivity index is 0.00000121. The number of fused-ring (bicyclic) bond motifs is 1. The Morgan fingerprint density at radius 2 is 0.875 bits per heavy atom. The van der Waals surface area contributed by atoms with Gasteiger partial charge in [-0.2, -0.15) is 0 Å². The Kier molecular flexibility index (Phi) is 9.00. The average Bonchev–Trinajstić information content (AvgIpc) is 3.15. The van der Waals surface area contributed by atoms with Gasteiger partial charge in [0.25, 0.3) is 0 Å². The van der Waals surface area contributed by atoms with Crippen LogP contribution in [0, 0.1) is 0 Å². The Morgan fingerprint density at radius 3 is 1.31 bits per heavy atom. The van der Waals surface area contributed by atoms with Crippen LogP contribution in [0.25, 0.3) is 6.08 Å². The first kappa shape index (κ1) is 26.5. The van der Waals surface area contributed by atoms with Crippen molar-refractivity contribution in [2.45, 2.75) is 9.13 Å². The zero-order valence-corrected chi connectivity index (χ0v) is 21.4. The van der Waals surface area contributed by atoms with E-state index in [1.165, 1.54) is 27.8 Å². The van der Waals surface area contributed by atoms with Crippen LogP contribution in [0.1, 0.15) is 27.8 Å². The molecule has 161 valence electrons. The summed E-state index contributed by atoms with van der Waals surface area (Å²) in [5.74, 6) is 0. The van der Waals surface area contributed by atoms with Gasteiger partial charge in [-0.15, -0.1) is 37.2 Å². The summed E-state index contributed by atoms with van der Waals surface area (Å²) in [5.41, 5.74) is 6.25. The predicted molar refractivity (Wildman–Crippen MR) is 138 cm³/mol. The summed E-state index contributed by atoms with van der Waals surface area (Å²) >= 11 is 2.39. The van der Waals surface area contributed by atoms with Gasteiger partial charge in [0, 0.05) is 0 Å². The topological polar surface area (TPSA) is 0 Å². The monoisotopic (exact) mass is 513 g/mol. The molecule has 1 aliphatic rings. The van der Waals surface area contributed by atoms with Crippen LogP contribution in [0.3, 0.4) is 0 Å². The van der Waals surface area contributed by atoms with Gasteiger partial charge in [0.15, 0.2) is 0 Å². The van der Waals surface area contributed by atoms with Crippen molar-refractivity contribution >= 4 is 43.3 Å². The molecule has 0 amide bonds. The summed E-state index contributed by atoms with van der Waals surface area (Å²) in [6.07, 6.45) is 4.70. The van der Waals surface area contributed by atoms with Gasteiger partial charge < -0.3 is 0 Å². The summed E-state index contributed by atoms with van der Waals surface area (Å²) in [6.45, 7) is 0. The molecular formula is C28H24Cl3Ti. The molecule has 0 heterocycles. The molecule has 1 atom stereocenters. The molecule has 0 aliphatic heterocycles. The minimum absolute atomic E-state index is 0. The predicted octanol–water partition coefficient (Wildman–Crippen LogP) is 7.76. The van der Waals surface area contributed by atoms with E-state index < -0.39 is 0 Å². The zero-order chi connectivity index (χ0) is 19.7. The molecule has 4 heteroatoms. The first-order chi connectivity index (χ1) is 14.3.